The molecule has 0 aromatic carbocycles. The van der Waals surface area contributed by atoms with E-state index in [4.69, 9.17) is 0 Å². The van der Waals surface area contributed by atoms with Crippen molar-refractivity contribution in [1.82, 2.24) is 0 Å². The Balaban J connectivity index is 0. The molecule has 0 spiro atoms. The summed E-state index contributed by atoms with van der Waals surface area (Å²) in [5, 5.41) is 0. The van der Waals surface area contributed by atoms with Crippen LogP contribution in [-0.4, -0.2) is 95.6 Å². The molecule has 0 heterocycles. The monoisotopic (exact) mass is 1280 g/mol. The van der Waals surface area contributed by atoms with Gasteiger partial charge in [0.25, 0.3) is 0 Å². The van der Waals surface area contributed by atoms with E-state index in [9.17, 15) is 0 Å². The van der Waals surface area contributed by atoms with Gasteiger partial charge in [-0.1, -0.05) is 0 Å². The molecule has 9 heavy (non-hydrogen) atoms. The van der Waals surface area contributed by atoms with Crippen LogP contribution >= 0.6 is 0 Å². The van der Waals surface area contributed by atoms with Crippen LogP contribution in [0.3, 0.4) is 0 Å². The fraction of sp³-hybridized carbons (Fsp3) is 0. The van der Waals surface area contributed by atoms with Crippen molar-refractivity contribution in [2.75, 3.05) is 0 Å². The summed E-state index contributed by atoms with van der Waals surface area (Å²) in [7, 11) is 0. The van der Waals surface area contributed by atoms with Crippen molar-refractivity contribution < 1.29 is 200 Å². The van der Waals surface area contributed by atoms with E-state index in [1.807, 2.05) is 0 Å². The van der Waals surface area contributed by atoms with Crippen LogP contribution in [0.15, 0.2) is 0 Å². The minimum absolute atomic E-state index is 0. The average Bonchev–Trinajstić information content (AvgIpc) is 0. The molecule has 0 N–H and O–H groups in total. The van der Waals surface area contributed by atoms with Crippen molar-refractivity contribution in [1.29, 1.82) is 0 Å². The van der Waals surface area contributed by atoms with Crippen molar-refractivity contribution >= 4 is 95.6 Å². The SMILES string of the molecule is [Gd].[Gd].[Gd].[Gd].[Gd].[SnH2].[SnH2].[SnH2].[SnH2]. The summed E-state index contributed by atoms with van der Waals surface area (Å²) in [4.78, 5) is 0. The molecule has 64 valence electrons. The first-order valence-corrected chi connectivity index (χ1v) is 0. The fourth-order valence-electron chi connectivity index (χ4n) is 0. The van der Waals surface area contributed by atoms with E-state index in [0.717, 1.165) is 0 Å². The number of hydrogen-bond donors (Lipinski definition) is 0. The first kappa shape index (κ1) is 62.0. The summed E-state index contributed by atoms with van der Waals surface area (Å²) < 4.78 is 0. The van der Waals surface area contributed by atoms with Crippen LogP contribution in [0.1, 0.15) is 0 Å². The first-order valence-electron chi connectivity index (χ1n) is 0. The number of hydrogen-bond acceptors (Lipinski definition) is 0. The van der Waals surface area contributed by atoms with Gasteiger partial charge in [0.05, 0.1) is 0 Å². The summed E-state index contributed by atoms with van der Waals surface area (Å²) in [5.74, 6) is 0. The van der Waals surface area contributed by atoms with E-state index >= 15 is 0 Å². The Morgan fingerprint density at radius 2 is 0.222 bits per heavy atom. The summed E-state index contributed by atoms with van der Waals surface area (Å²) >= 11 is 0. The molecule has 0 bridgehead atoms. The van der Waals surface area contributed by atoms with Crippen LogP contribution in [0.25, 0.3) is 0 Å². The van der Waals surface area contributed by atoms with E-state index < -0.39 is 0 Å². The molecular formula is H8Gd5Sn4. The second kappa shape index (κ2) is 52.3. The van der Waals surface area contributed by atoms with Gasteiger partial charge in [0, 0.05) is 200 Å². The molecule has 8 radical (unpaired) electrons. The Labute approximate surface area is 285 Å². The summed E-state index contributed by atoms with van der Waals surface area (Å²) in [6.45, 7) is 0. The zero-order chi connectivity index (χ0) is 0. The van der Waals surface area contributed by atoms with E-state index in [1.165, 1.54) is 0 Å². The molecule has 0 rings (SSSR count). The molecular weight excluding hydrogens is 1260 g/mol. The van der Waals surface area contributed by atoms with E-state index in [1.54, 1.807) is 0 Å². The Bertz CT molecular complexity index is 8.92. The molecule has 0 aliphatic heterocycles. The average molecular weight is 1270 g/mol. The Kier molecular flexibility index (Phi) is 360. The Morgan fingerprint density at radius 1 is 0.222 bits per heavy atom. The maximum atomic E-state index is 0. The molecule has 0 saturated heterocycles. The van der Waals surface area contributed by atoms with Crippen LogP contribution in [0.4, 0.5) is 0 Å². The van der Waals surface area contributed by atoms with Gasteiger partial charge >= 0.3 is 95.6 Å². The zero-order valence-electron chi connectivity index (χ0n) is 4.60. The van der Waals surface area contributed by atoms with Gasteiger partial charge in [0.2, 0.25) is 0 Å². The van der Waals surface area contributed by atoms with Crippen LogP contribution in [0, 0.1) is 200 Å². The predicted octanol–water partition coefficient (Wildman–Crippen LogP) is -3.66. The standard InChI is InChI=1S/5Gd.4Sn.8H. The zero-order valence-corrected chi connectivity index (χ0v) is 32.1. The molecule has 0 fully saturated rings. The second-order valence-corrected chi connectivity index (χ2v) is 0. The molecule has 0 atom stereocenters. The van der Waals surface area contributed by atoms with Crippen molar-refractivity contribution in [2.24, 2.45) is 0 Å². The van der Waals surface area contributed by atoms with Gasteiger partial charge in [-0.3, -0.25) is 0 Å². The Hall–Kier alpha value is 9.82. The predicted molar refractivity (Wildman–Crippen MR) is 34.2 cm³/mol. The van der Waals surface area contributed by atoms with Gasteiger partial charge in [0.15, 0.2) is 0 Å². The molecule has 0 aromatic heterocycles. The van der Waals surface area contributed by atoms with Gasteiger partial charge in [-0.15, -0.1) is 0 Å². The molecule has 0 aliphatic rings. The second-order valence-electron chi connectivity index (χ2n) is 0. The van der Waals surface area contributed by atoms with Gasteiger partial charge in [-0.2, -0.15) is 0 Å². The van der Waals surface area contributed by atoms with E-state index in [-0.39, 0.29) is 295 Å². The third kappa shape index (κ3) is 46.3. The van der Waals surface area contributed by atoms with Crippen molar-refractivity contribution in [3.8, 4) is 0 Å². The third-order valence-corrected chi connectivity index (χ3v) is 0. The molecule has 9 heteroatoms. The normalized spacial score (nSPS) is 0. The van der Waals surface area contributed by atoms with Crippen molar-refractivity contribution in [2.45, 2.75) is 0 Å². The Morgan fingerprint density at radius 3 is 0.222 bits per heavy atom. The molecule has 0 saturated carbocycles. The van der Waals surface area contributed by atoms with Crippen LogP contribution in [0.5, 0.6) is 0 Å². The van der Waals surface area contributed by atoms with Crippen LogP contribution < -0.4 is 0 Å². The van der Waals surface area contributed by atoms with E-state index in [0.29, 0.717) is 0 Å². The van der Waals surface area contributed by atoms with Crippen molar-refractivity contribution in [3.05, 3.63) is 0 Å². The number of rotatable bonds is 0. The quantitative estimate of drug-likeness (QED) is 0.220. The van der Waals surface area contributed by atoms with Gasteiger partial charge in [-0.05, 0) is 0 Å². The topological polar surface area (TPSA) is 0 Å². The first-order chi connectivity index (χ1) is 0. The molecule has 0 nitrogen and oxygen atoms in total. The summed E-state index contributed by atoms with van der Waals surface area (Å²) in [6.07, 6.45) is 0. The van der Waals surface area contributed by atoms with Gasteiger partial charge in [-0.25, -0.2) is 0 Å². The maximum absolute atomic E-state index is 0. The molecule has 0 aliphatic carbocycles. The van der Waals surface area contributed by atoms with E-state index in [2.05, 4.69) is 0 Å². The van der Waals surface area contributed by atoms with Gasteiger partial charge < -0.3 is 0 Å². The molecule has 0 unspecified atom stereocenters. The van der Waals surface area contributed by atoms with Crippen molar-refractivity contribution in [3.63, 3.8) is 0 Å². The third-order valence-electron chi connectivity index (χ3n) is 0. The molecule has 0 amide bonds. The molecule has 0 aromatic rings. The van der Waals surface area contributed by atoms with Crippen LogP contribution in [0.2, 0.25) is 0 Å². The van der Waals surface area contributed by atoms with Gasteiger partial charge in [0.1, 0.15) is 0 Å². The minimum atomic E-state index is 0. The summed E-state index contributed by atoms with van der Waals surface area (Å²) in [6, 6.07) is 0. The fourth-order valence-corrected chi connectivity index (χ4v) is 0. The summed E-state index contributed by atoms with van der Waals surface area (Å²) in [5.41, 5.74) is 0. The van der Waals surface area contributed by atoms with Crippen LogP contribution in [-0.2, 0) is 0 Å².